The smallest absolute Gasteiger partial charge is 0.463 e. The number of ether oxygens (including phenoxy) is 3. The average molecular weight is 1530 g/mol. The molecule has 0 bridgehead atoms. The van der Waals surface area contributed by atoms with E-state index in [0.717, 1.165) is 199 Å². The molecular formula is C89H144O16P2. The molecule has 5 atom stereocenters. The minimum atomic E-state index is -4.96. The Balaban J connectivity index is 4.67. The van der Waals surface area contributed by atoms with E-state index in [4.69, 9.17) is 32.3 Å². The number of carbonyl (C=O) groups excluding carboxylic acids is 3. The lowest BCUT2D eigenvalue weighted by atomic mass is 10.1. The zero-order valence-corrected chi connectivity index (χ0v) is 68.0. The van der Waals surface area contributed by atoms with Crippen LogP contribution in [0.4, 0.5) is 0 Å². The maximum absolute atomic E-state index is 13.0. The van der Waals surface area contributed by atoms with Crippen LogP contribution >= 0.6 is 15.6 Å². The van der Waals surface area contributed by atoms with Crippen LogP contribution in [0.5, 0.6) is 0 Å². The Morgan fingerprint density at radius 1 is 0.262 bits per heavy atom. The number of aliphatic hydroxyl groups excluding tert-OH is 2. The number of unbranched alkanes of at least 4 members (excludes halogenated alkanes) is 20. The highest BCUT2D eigenvalue weighted by Gasteiger charge is 2.29. The van der Waals surface area contributed by atoms with E-state index in [1.165, 1.54) is 32.1 Å². The minimum absolute atomic E-state index is 0.0552. The average Bonchev–Trinajstić information content (AvgIpc) is 0.907. The van der Waals surface area contributed by atoms with Crippen LogP contribution in [0.1, 0.15) is 290 Å². The van der Waals surface area contributed by atoms with Crippen LogP contribution in [0.25, 0.3) is 0 Å². The van der Waals surface area contributed by atoms with Gasteiger partial charge in [-0.25, -0.2) is 9.13 Å². The van der Waals surface area contributed by atoms with Crippen molar-refractivity contribution in [3.8, 4) is 0 Å². The number of phosphoric acid groups is 2. The zero-order valence-electron chi connectivity index (χ0n) is 66.2. The fourth-order valence-electron chi connectivity index (χ4n) is 10.2. The molecule has 18 heteroatoms. The highest BCUT2D eigenvalue weighted by atomic mass is 31.2. The molecule has 0 aromatic carbocycles. The molecular weight excluding hydrogens is 1390 g/mol. The van der Waals surface area contributed by atoms with Crippen LogP contribution in [0.3, 0.4) is 0 Å². The Labute approximate surface area is 648 Å². The van der Waals surface area contributed by atoms with Crippen LogP contribution < -0.4 is 0 Å². The summed E-state index contributed by atoms with van der Waals surface area (Å²) in [5.74, 6) is -1.64. The summed E-state index contributed by atoms with van der Waals surface area (Å²) in [6, 6.07) is 0. The second-order valence-corrected chi connectivity index (χ2v) is 29.3. The van der Waals surface area contributed by atoms with E-state index in [9.17, 15) is 43.5 Å². The number of hydrogen-bond acceptors (Lipinski definition) is 14. The lowest BCUT2D eigenvalue weighted by Crippen LogP contribution is -2.30. The van der Waals surface area contributed by atoms with Crippen molar-refractivity contribution >= 4 is 33.6 Å². The fourth-order valence-corrected chi connectivity index (χ4v) is 11.8. The van der Waals surface area contributed by atoms with E-state index in [2.05, 4.69) is 215 Å². The summed E-state index contributed by atoms with van der Waals surface area (Å²) < 4.78 is 61.2. The van der Waals surface area contributed by atoms with Gasteiger partial charge in [0.05, 0.1) is 26.4 Å². The third-order valence-corrected chi connectivity index (χ3v) is 18.2. The first-order valence-electron chi connectivity index (χ1n) is 40.7. The summed E-state index contributed by atoms with van der Waals surface area (Å²) >= 11 is 0. The van der Waals surface area contributed by atoms with Gasteiger partial charge in [-0.2, -0.15) is 0 Å². The standard InChI is InChI=1S/C89H144O16P2/c1-4-7-10-13-16-19-22-25-28-31-34-36-38-39-40-41-42-43-45-47-49-51-54-57-60-63-66-69-72-75-87(92)99-78-84(90)79-101-106(95,96)102-80-85(91)81-103-107(97,98)104-83-86(105-89(94)77-74-71-68-65-62-59-56-53-48-33-30-27-24-21-18-15-12-9-6-3)82-100-88(93)76-73-70-67-64-61-58-55-52-50-46-44-37-35-32-29-26-23-20-17-14-11-8-5-2/h7-12,16-21,25-30,34-37,39-40,42-43,46,48,50,53,59,62,84-86,90-91H,4-6,13-15,22-24,31-33,38,41,44-45,47,49,51-52,54-58,60-61,63-83H2,1-3H3,(H,95,96)(H,97,98)/b10-7-,11-8-,12-9-,19-16-,20-17-,21-18-,28-25-,29-26-,30-27-,36-34-,37-35-,40-39-,43-42-,50-46-,53-48-,62-59-. The Kier molecular flexibility index (Phi) is 75.7. The summed E-state index contributed by atoms with van der Waals surface area (Å²) in [5, 5.41) is 20.7. The van der Waals surface area contributed by atoms with E-state index in [1.54, 1.807) is 0 Å². The lowest BCUT2D eigenvalue weighted by molar-refractivity contribution is -0.161. The largest absolute Gasteiger partial charge is 0.472 e. The molecule has 606 valence electrons. The maximum atomic E-state index is 13.0. The number of hydrogen-bond donors (Lipinski definition) is 4. The van der Waals surface area contributed by atoms with Crippen molar-refractivity contribution in [3.63, 3.8) is 0 Å². The van der Waals surface area contributed by atoms with Crippen molar-refractivity contribution in [1.29, 1.82) is 0 Å². The number of allylic oxidation sites excluding steroid dienone is 32. The highest BCUT2D eigenvalue weighted by molar-refractivity contribution is 7.47. The van der Waals surface area contributed by atoms with Crippen LogP contribution in [0.15, 0.2) is 194 Å². The molecule has 4 N–H and O–H groups in total. The molecule has 0 aliphatic rings. The second kappa shape index (κ2) is 79.9. The normalized spacial score (nSPS) is 14.9. The van der Waals surface area contributed by atoms with Gasteiger partial charge < -0.3 is 34.2 Å². The summed E-state index contributed by atoms with van der Waals surface area (Å²) in [6.07, 6.45) is 105. The predicted molar refractivity (Wildman–Crippen MR) is 444 cm³/mol. The van der Waals surface area contributed by atoms with Crippen molar-refractivity contribution in [2.24, 2.45) is 0 Å². The molecule has 0 spiro atoms. The van der Waals surface area contributed by atoms with Crippen LogP contribution in [-0.4, -0.2) is 95.9 Å². The first-order chi connectivity index (χ1) is 52.2. The van der Waals surface area contributed by atoms with Crippen molar-refractivity contribution in [2.75, 3.05) is 39.6 Å². The number of rotatable bonds is 75. The Hall–Kier alpha value is -5.61. The molecule has 0 saturated carbocycles. The highest BCUT2D eigenvalue weighted by Crippen LogP contribution is 2.45. The van der Waals surface area contributed by atoms with Gasteiger partial charge in [0.15, 0.2) is 6.10 Å². The van der Waals surface area contributed by atoms with Crippen molar-refractivity contribution < 1.29 is 75.8 Å². The van der Waals surface area contributed by atoms with Gasteiger partial charge in [-0.1, -0.05) is 305 Å². The van der Waals surface area contributed by atoms with Crippen molar-refractivity contribution in [3.05, 3.63) is 194 Å². The molecule has 0 saturated heterocycles. The number of aliphatic hydroxyl groups is 2. The Morgan fingerprint density at radius 2 is 0.467 bits per heavy atom. The molecule has 0 fully saturated rings. The number of phosphoric ester groups is 2. The van der Waals surface area contributed by atoms with Crippen molar-refractivity contribution in [2.45, 2.75) is 309 Å². The summed E-state index contributed by atoms with van der Waals surface area (Å²) in [4.78, 5) is 58.8. The molecule has 0 aromatic heterocycles. The molecule has 0 amide bonds. The van der Waals surface area contributed by atoms with Gasteiger partial charge in [-0.3, -0.25) is 32.5 Å². The van der Waals surface area contributed by atoms with E-state index in [0.29, 0.717) is 19.3 Å². The van der Waals surface area contributed by atoms with Gasteiger partial charge in [-0.15, -0.1) is 0 Å². The van der Waals surface area contributed by atoms with Gasteiger partial charge in [0.2, 0.25) is 0 Å². The molecule has 0 heterocycles. The maximum Gasteiger partial charge on any atom is 0.472 e. The molecule has 0 rings (SSSR count). The van der Waals surface area contributed by atoms with Crippen LogP contribution in [0.2, 0.25) is 0 Å². The summed E-state index contributed by atoms with van der Waals surface area (Å²) in [7, 11) is -9.83. The zero-order chi connectivity index (χ0) is 78.0. The van der Waals surface area contributed by atoms with Crippen LogP contribution in [-0.2, 0) is 55.8 Å². The first kappa shape index (κ1) is 101. The third-order valence-electron chi connectivity index (χ3n) is 16.3. The summed E-state index contributed by atoms with van der Waals surface area (Å²) in [6.45, 7) is 2.27. The third kappa shape index (κ3) is 81.2. The number of carbonyl (C=O) groups is 3. The van der Waals surface area contributed by atoms with Crippen molar-refractivity contribution in [1.82, 2.24) is 0 Å². The van der Waals surface area contributed by atoms with E-state index in [1.807, 2.05) is 0 Å². The fraction of sp³-hybridized carbons (Fsp3) is 0.607. The van der Waals surface area contributed by atoms with Gasteiger partial charge in [-0.05, 0) is 161 Å². The topological polar surface area (TPSA) is 231 Å². The molecule has 0 aliphatic carbocycles. The molecule has 5 unspecified atom stereocenters. The minimum Gasteiger partial charge on any atom is -0.463 e. The van der Waals surface area contributed by atoms with Gasteiger partial charge in [0, 0.05) is 19.3 Å². The number of esters is 3. The molecule has 0 aliphatic heterocycles. The molecule has 16 nitrogen and oxygen atoms in total. The van der Waals surface area contributed by atoms with E-state index >= 15 is 0 Å². The monoisotopic (exact) mass is 1530 g/mol. The van der Waals surface area contributed by atoms with Gasteiger partial charge >= 0.3 is 33.6 Å². The predicted octanol–water partition coefficient (Wildman–Crippen LogP) is 24.3. The van der Waals surface area contributed by atoms with E-state index < -0.39 is 91.5 Å². The van der Waals surface area contributed by atoms with Gasteiger partial charge in [0.1, 0.15) is 25.4 Å². The first-order valence-corrected chi connectivity index (χ1v) is 43.7. The Bertz CT molecular complexity index is 2720. The van der Waals surface area contributed by atoms with Crippen LogP contribution in [0, 0.1) is 0 Å². The van der Waals surface area contributed by atoms with E-state index in [-0.39, 0.29) is 19.3 Å². The quantitative estimate of drug-likeness (QED) is 0.0146. The SMILES string of the molecule is CC/C=C\C/C=C\C/C=C\C/C=C\C/C=C\C/C=C\CCCCCCCCCCCCC(=O)OCC(O)COP(=O)(O)OCC(O)COP(=O)(O)OCC(COC(=O)CCCCCCCCC/C=C\C/C=C\C/C=C\C/C=C\C/C=C\CC)OC(=O)CCCCC/C=C\C/C=C\C/C=C\C/C=C\C/C=C\CC. The molecule has 0 aromatic rings. The van der Waals surface area contributed by atoms with Gasteiger partial charge in [0.25, 0.3) is 0 Å². The molecule has 0 radical (unpaired) electrons. The molecule has 107 heavy (non-hydrogen) atoms. The second-order valence-electron chi connectivity index (χ2n) is 26.4. The summed E-state index contributed by atoms with van der Waals surface area (Å²) in [5.41, 5.74) is 0. The lowest BCUT2D eigenvalue weighted by Gasteiger charge is -2.21. The Morgan fingerprint density at radius 3 is 0.748 bits per heavy atom.